The minimum absolute atomic E-state index is 0.0132. The van der Waals surface area contributed by atoms with E-state index in [0.717, 1.165) is 32.8 Å². The summed E-state index contributed by atoms with van der Waals surface area (Å²) in [6, 6.07) is 6.36. The van der Waals surface area contributed by atoms with Gasteiger partial charge in [0.05, 0.1) is 19.1 Å². The smallest absolute Gasteiger partial charge is 0.225 e. The molecule has 1 N–H and O–H groups in total. The maximum atomic E-state index is 13.6. The molecule has 6 nitrogen and oxygen atoms in total. The monoisotopic (exact) mass is 349 g/mol. The van der Waals surface area contributed by atoms with E-state index in [9.17, 15) is 14.0 Å². The number of rotatable bonds is 6. The lowest BCUT2D eigenvalue weighted by atomic mass is 10.1. The highest BCUT2D eigenvalue weighted by Crippen LogP contribution is 2.18. The zero-order valence-electron chi connectivity index (χ0n) is 14.2. The van der Waals surface area contributed by atoms with Crippen LogP contribution in [-0.4, -0.2) is 67.6 Å². The minimum Gasteiger partial charge on any atom is -0.379 e. The summed E-state index contributed by atoms with van der Waals surface area (Å²) in [6.45, 7) is 5.25. The predicted molar refractivity (Wildman–Crippen MR) is 90.2 cm³/mol. The summed E-state index contributed by atoms with van der Waals surface area (Å²) >= 11 is 0. The molecule has 2 amide bonds. The quantitative estimate of drug-likeness (QED) is 0.818. The number of likely N-dealkylation sites (tertiary alicyclic amines) is 1. The van der Waals surface area contributed by atoms with E-state index in [2.05, 4.69) is 10.2 Å². The van der Waals surface area contributed by atoms with E-state index in [1.54, 1.807) is 23.1 Å². The summed E-state index contributed by atoms with van der Waals surface area (Å²) in [4.78, 5) is 28.4. The van der Waals surface area contributed by atoms with E-state index in [-0.39, 0.29) is 36.5 Å². The van der Waals surface area contributed by atoms with Crippen molar-refractivity contribution in [3.63, 3.8) is 0 Å². The number of nitrogens with zero attached hydrogens (tertiary/aromatic N) is 2. The van der Waals surface area contributed by atoms with Crippen LogP contribution in [0.5, 0.6) is 0 Å². The second-order valence-corrected chi connectivity index (χ2v) is 6.50. The lowest BCUT2D eigenvalue weighted by molar-refractivity contribution is -0.129. The van der Waals surface area contributed by atoms with Crippen LogP contribution in [0.25, 0.3) is 0 Å². The normalized spacial score (nSPS) is 21.6. The van der Waals surface area contributed by atoms with Gasteiger partial charge >= 0.3 is 0 Å². The number of hydrogen-bond acceptors (Lipinski definition) is 4. The molecule has 0 unspecified atom stereocenters. The average molecular weight is 349 g/mol. The third-order valence-electron chi connectivity index (χ3n) is 4.79. The Morgan fingerprint density at radius 2 is 2.00 bits per heavy atom. The number of carbonyl (C=O) groups is 2. The molecular formula is C18H24FN3O3. The van der Waals surface area contributed by atoms with Crippen LogP contribution in [0.2, 0.25) is 0 Å². The molecule has 2 aliphatic rings. The summed E-state index contributed by atoms with van der Waals surface area (Å²) in [5.74, 6) is -0.869. The van der Waals surface area contributed by atoms with Crippen LogP contribution in [0, 0.1) is 11.7 Å². The Balaban J connectivity index is 1.44. The Labute approximate surface area is 146 Å². The number of nitrogens with one attached hydrogen (secondary N) is 1. The molecule has 2 fully saturated rings. The number of benzene rings is 1. The average Bonchev–Trinajstić information content (AvgIpc) is 3.01. The van der Waals surface area contributed by atoms with Crippen molar-refractivity contribution >= 4 is 11.8 Å². The maximum Gasteiger partial charge on any atom is 0.225 e. The van der Waals surface area contributed by atoms with Gasteiger partial charge in [-0.15, -0.1) is 0 Å². The third kappa shape index (κ3) is 4.76. The van der Waals surface area contributed by atoms with Crippen LogP contribution in [-0.2, 0) is 20.9 Å². The SMILES string of the molecule is O=C(NCc1ccccc1F)[C@H]1CC(=O)N(CCN2CCOCC2)C1. The molecule has 0 spiro atoms. The predicted octanol–water partition coefficient (Wildman–Crippen LogP) is 0.623. The molecule has 7 heteroatoms. The molecule has 25 heavy (non-hydrogen) atoms. The number of amides is 2. The zero-order chi connectivity index (χ0) is 17.6. The second kappa shape index (κ2) is 8.40. The molecular weight excluding hydrogens is 325 g/mol. The standard InChI is InChI=1S/C18H24FN3O3/c19-16-4-2-1-3-14(16)12-20-18(24)15-11-17(23)22(13-15)6-5-21-7-9-25-10-8-21/h1-4,15H,5-13H2,(H,20,24)/t15-/m0/s1. The largest absolute Gasteiger partial charge is 0.379 e. The Morgan fingerprint density at radius 1 is 1.24 bits per heavy atom. The first-order valence-corrected chi connectivity index (χ1v) is 8.72. The van der Waals surface area contributed by atoms with Gasteiger partial charge in [-0.1, -0.05) is 18.2 Å². The summed E-state index contributed by atoms with van der Waals surface area (Å²) in [7, 11) is 0. The highest BCUT2D eigenvalue weighted by molar-refractivity contribution is 5.89. The van der Waals surface area contributed by atoms with Crippen LogP contribution < -0.4 is 5.32 Å². The van der Waals surface area contributed by atoms with Crippen molar-refractivity contribution in [1.82, 2.24) is 15.1 Å². The molecule has 3 rings (SSSR count). The summed E-state index contributed by atoms with van der Waals surface area (Å²) in [5, 5.41) is 2.74. The first kappa shape index (κ1) is 17.8. The molecule has 136 valence electrons. The fraction of sp³-hybridized carbons (Fsp3) is 0.556. The van der Waals surface area contributed by atoms with Gasteiger partial charge in [0.2, 0.25) is 11.8 Å². The summed E-state index contributed by atoms with van der Waals surface area (Å²) in [6.07, 6.45) is 0.228. The fourth-order valence-electron chi connectivity index (χ4n) is 3.22. The number of halogens is 1. The number of ether oxygens (including phenoxy) is 1. The fourth-order valence-corrected chi connectivity index (χ4v) is 3.22. The zero-order valence-corrected chi connectivity index (χ0v) is 14.2. The van der Waals surface area contributed by atoms with E-state index in [1.807, 2.05) is 0 Å². The van der Waals surface area contributed by atoms with Crippen molar-refractivity contribution in [1.29, 1.82) is 0 Å². The third-order valence-corrected chi connectivity index (χ3v) is 4.79. The van der Waals surface area contributed by atoms with Gasteiger partial charge in [0.15, 0.2) is 0 Å². The number of morpholine rings is 1. The Kier molecular flexibility index (Phi) is 5.99. The maximum absolute atomic E-state index is 13.6. The molecule has 0 saturated carbocycles. The highest BCUT2D eigenvalue weighted by Gasteiger charge is 2.34. The Morgan fingerprint density at radius 3 is 2.76 bits per heavy atom. The topological polar surface area (TPSA) is 61.9 Å². The number of carbonyl (C=O) groups excluding carboxylic acids is 2. The Hall–Kier alpha value is -1.99. The van der Waals surface area contributed by atoms with Crippen LogP contribution >= 0.6 is 0 Å². The molecule has 0 aromatic heterocycles. The van der Waals surface area contributed by atoms with Crippen molar-refractivity contribution < 1.29 is 18.7 Å². The summed E-state index contributed by atoms with van der Waals surface area (Å²) < 4.78 is 18.9. The second-order valence-electron chi connectivity index (χ2n) is 6.50. The van der Waals surface area contributed by atoms with Gasteiger partial charge in [-0.25, -0.2) is 4.39 Å². The lowest BCUT2D eigenvalue weighted by Gasteiger charge is -2.28. The molecule has 1 atom stereocenters. The van der Waals surface area contributed by atoms with Crippen molar-refractivity contribution in [3.05, 3.63) is 35.6 Å². The molecule has 1 aromatic carbocycles. The van der Waals surface area contributed by atoms with Gasteiger partial charge in [-0.3, -0.25) is 14.5 Å². The molecule has 2 heterocycles. The van der Waals surface area contributed by atoms with Crippen LogP contribution in [0.4, 0.5) is 4.39 Å². The van der Waals surface area contributed by atoms with Crippen LogP contribution in [0.3, 0.4) is 0 Å². The molecule has 1 aromatic rings. The van der Waals surface area contributed by atoms with E-state index in [1.165, 1.54) is 6.07 Å². The number of hydrogen-bond donors (Lipinski definition) is 1. The molecule has 0 bridgehead atoms. The van der Waals surface area contributed by atoms with Gasteiger partial charge in [-0.2, -0.15) is 0 Å². The van der Waals surface area contributed by atoms with Crippen molar-refractivity contribution in [2.75, 3.05) is 45.9 Å². The van der Waals surface area contributed by atoms with Gasteiger partial charge in [0.1, 0.15) is 5.82 Å². The van der Waals surface area contributed by atoms with Crippen molar-refractivity contribution in [2.24, 2.45) is 5.92 Å². The Bertz CT molecular complexity index is 619. The van der Waals surface area contributed by atoms with Crippen molar-refractivity contribution in [2.45, 2.75) is 13.0 Å². The highest BCUT2D eigenvalue weighted by atomic mass is 19.1. The van der Waals surface area contributed by atoms with Gasteiger partial charge in [-0.05, 0) is 6.07 Å². The first-order valence-electron chi connectivity index (χ1n) is 8.72. The molecule has 0 radical (unpaired) electrons. The molecule has 2 aliphatic heterocycles. The van der Waals surface area contributed by atoms with E-state index < -0.39 is 0 Å². The van der Waals surface area contributed by atoms with Crippen LogP contribution in [0.15, 0.2) is 24.3 Å². The van der Waals surface area contributed by atoms with Gasteiger partial charge in [0, 0.05) is 51.3 Å². The van der Waals surface area contributed by atoms with Gasteiger partial charge < -0.3 is 15.0 Å². The van der Waals surface area contributed by atoms with E-state index in [0.29, 0.717) is 18.7 Å². The van der Waals surface area contributed by atoms with Crippen LogP contribution in [0.1, 0.15) is 12.0 Å². The first-order chi connectivity index (χ1) is 12.1. The minimum atomic E-state index is -0.357. The molecule has 2 saturated heterocycles. The molecule has 0 aliphatic carbocycles. The van der Waals surface area contributed by atoms with Crippen molar-refractivity contribution in [3.8, 4) is 0 Å². The van der Waals surface area contributed by atoms with E-state index >= 15 is 0 Å². The lowest BCUT2D eigenvalue weighted by Crippen LogP contribution is -2.42. The summed E-state index contributed by atoms with van der Waals surface area (Å²) in [5.41, 5.74) is 0.448. The van der Waals surface area contributed by atoms with E-state index in [4.69, 9.17) is 4.74 Å². The van der Waals surface area contributed by atoms with Gasteiger partial charge in [0.25, 0.3) is 0 Å².